The molecule has 8 heteroatoms. The van der Waals surface area contributed by atoms with Crippen molar-refractivity contribution in [3.05, 3.63) is 24.3 Å². The minimum Gasteiger partial charge on any atom is -0.326 e. The summed E-state index contributed by atoms with van der Waals surface area (Å²) in [4.78, 5) is 24.2. The molecule has 6 nitrogen and oxygen atoms in total. The van der Waals surface area contributed by atoms with Gasteiger partial charge >= 0.3 is 10.2 Å². The number of benzene rings is 1. The zero-order chi connectivity index (χ0) is 15.6. The van der Waals surface area contributed by atoms with Crippen molar-refractivity contribution in [1.29, 1.82) is 0 Å². The monoisotopic (exact) mass is 314 g/mol. The highest BCUT2D eigenvalue weighted by atomic mass is 32.3. The maximum absolute atomic E-state index is 12.9. The van der Waals surface area contributed by atoms with Gasteiger partial charge in [-0.25, -0.2) is 0 Å². The fourth-order valence-electron chi connectivity index (χ4n) is 2.09. The van der Waals surface area contributed by atoms with Crippen LogP contribution in [0, 0.1) is 0 Å². The molecule has 1 saturated heterocycles. The number of hydrogen-bond acceptors (Lipinski definition) is 4. The Morgan fingerprint density at radius 1 is 1.38 bits per heavy atom. The molecule has 1 aromatic carbocycles. The van der Waals surface area contributed by atoms with Crippen molar-refractivity contribution in [3.63, 3.8) is 0 Å². The molecule has 1 N–H and O–H groups in total. The summed E-state index contributed by atoms with van der Waals surface area (Å²) in [5, 5.41) is 1.34. The largest absolute Gasteiger partial charge is 0.326 e. The predicted molar refractivity (Wildman–Crippen MR) is 76.1 cm³/mol. The number of carbonyl (C=O) groups excluding carboxylic acids is 2. The van der Waals surface area contributed by atoms with Crippen LogP contribution in [0.4, 0.5) is 15.3 Å². The van der Waals surface area contributed by atoms with Crippen LogP contribution in [0.15, 0.2) is 24.3 Å². The third-order valence-corrected chi connectivity index (χ3v) is 4.38. The van der Waals surface area contributed by atoms with Crippen molar-refractivity contribution in [1.82, 2.24) is 0 Å². The maximum Gasteiger partial charge on any atom is 0.307 e. The minimum absolute atomic E-state index is 0.136. The van der Waals surface area contributed by atoms with Gasteiger partial charge in [-0.2, -0.15) is 8.42 Å². The van der Waals surface area contributed by atoms with Gasteiger partial charge < -0.3 is 10.2 Å². The lowest BCUT2D eigenvalue weighted by atomic mass is 10.2. The van der Waals surface area contributed by atoms with Gasteiger partial charge in [-0.1, -0.05) is 6.92 Å². The van der Waals surface area contributed by atoms with Gasteiger partial charge in [0, 0.05) is 30.8 Å². The number of anilines is 2. The molecule has 0 aromatic heterocycles. The van der Waals surface area contributed by atoms with Crippen molar-refractivity contribution in [2.24, 2.45) is 0 Å². The summed E-state index contributed by atoms with van der Waals surface area (Å²) >= 11 is 0. The van der Waals surface area contributed by atoms with Crippen LogP contribution in [0.1, 0.15) is 19.8 Å². The Morgan fingerprint density at radius 2 is 2.00 bits per heavy atom. The summed E-state index contributed by atoms with van der Waals surface area (Å²) in [7, 11) is -4.72. The molecule has 1 heterocycles. The molecule has 21 heavy (non-hydrogen) atoms. The standard InChI is InChI=1S/C13H15FN2O4S/c1-2-12(17)15-9-3-5-10(6-4-9)16-8-11(7-13(16)18)21(14,19)20/h3-6,11H,2,7-8H2,1H3,(H,15,17). The quantitative estimate of drug-likeness (QED) is 0.852. The van der Waals surface area contributed by atoms with Gasteiger partial charge in [0.15, 0.2) is 0 Å². The number of rotatable bonds is 4. The van der Waals surface area contributed by atoms with Crippen LogP contribution in [0.2, 0.25) is 0 Å². The Balaban J connectivity index is 2.12. The molecule has 0 aliphatic carbocycles. The number of nitrogens with one attached hydrogen (secondary N) is 1. The average Bonchev–Trinajstić information content (AvgIpc) is 2.81. The maximum atomic E-state index is 12.9. The number of amides is 2. The zero-order valence-corrected chi connectivity index (χ0v) is 12.2. The molecule has 1 aromatic rings. The molecule has 2 rings (SSSR count). The molecule has 114 valence electrons. The molecule has 1 unspecified atom stereocenters. The summed E-state index contributed by atoms with van der Waals surface area (Å²) in [6.45, 7) is 1.53. The Bertz CT molecular complexity index is 657. The SMILES string of the molecule is CCC(=O)Nc1ccc(N2CC(S(=O)(=O)F)CC2=O)cc1. The summed E-state index contributed by atoms with van der Waals surface area (Å²) < 4.78 is 34.7. The molecule has 0 saturated carbocycles. The van der Waals surface area contributed by atoms with E-state index in [-0.39, 0.29) is 18.9 Å². The normalized spacial score (nSPS) is 18.9. The fraction of sp³-hybridized carbons (Fsp3) is 0.385. The van der Waals surface area contributed by atoms with Crippen molar-refractivity contribution >= 4 is 33.4 Å². The van der Waals surface area contributed by atoms with Crippen LogP contribution in [0.25, 0.3) is 0 Å². The van der Waals surface area contributed by atoms with Gasteiger partial charge in [0.1, 0.15) is 5.25 Å². The molecule has 1 aliphatic rings. The second-order valence-electron chi connectivity index (χ2n) is 4.75. The highest BCUT2D eigenvalue weighted by Crippen LogP contribution is 2.26. The Labute approximate surface area is 122 Å². The van der Waals surface area contributed by atoms with Gasteiger partial charge in [0.2, 0.25) is 11.8 Å². The van der Waals surface area contributed by atoms with E-state index in [0.717, 1.165) is 0 Å². The van der Waals surface area contributed by atoms with Gasteiger partial charge in [-0.15, -0.1) is 3.89 Å². The first-order chi connectivity index (χ1) is 9.81. The molecule has 0 spiro atoms. The number of halogens is 1. The molecule has 0 bridgehead atoms. The van der Waals surface area contributed by atoms with E-state index >= 15 is 0 Å². The predicted octanol–water partition coefficient (Wildman–Crippen LogP) is 1.44. The third-order valence-electron chi connectivity index (χ3n) is 3.27. The van der Waals surface area contributed by atoms with Crippen molar-refractivity contribution in [2.45, 2.75) is 25.0 Å². The first-order valence-electron chi connectivity index (χ1n) is 6.45. The van der Waals surface area contributed by atoms with E-state index in [9.17, 15) is 21.9 Å². The Kier molecular flexibility index (Phi) is 4.26. The van der Waals surface area contributed by atoms with Crippen LogP contribution < -0.4 is 10.2 Å². The number of carbonyl (C=O) groups is 2. The first-order valence-corrected chi connectivity index (χ1v) is 7.89. The highest BCUT2D eigenvalue weighted by molar-refractivity contribution is 7.87. The van der Waals surface area contributed by atoms with Crippen molar-refractivity contribution in [3.8, 4) is 0 Å². The molecule has 1 fully saturated rings. The number of hydrogen-bond donors (Lipinski definition) is 1. The Morgan fingerprint density at radius 3 is 2.48 bits per heavy atom. The minimum atomic E-state index is -4.72. The summed E-state index contributed by atoms with van der Waals surface area (Å²) in [5.41, 5.74) is 1.05. The van der Waals surface area contributed by atoms with Gasteiger partial charge in [-0.05, 0) is 24.3 Å². The van der Waals surface area contributed by atoms with E-state index in [2.05, 4.69) is 5.32 Å². The lowest BCUT2D eigenvalue weighted by Gasteiger charge is -2.16. The average molecular weight is 314 g/mol. The second-order valence-corrected chi connectivity index (χ2v) is 6.37. The smallest absolute Gasteiger partial charge is 0.307 e. The molecular formula is C13H15FN2O4S. The molecule has 1 aliphatic heterocycles. The summed E-state index contributed by atoms with van der Waals surface area (Å²) in [5.74, 6) is -0.574. The Hall–Kier alpha value is -1.96. The molecule has 2 amide bonds. The van der Waals surface area contributed by atoms with Crippen LogP contribution in [0.3, 0.4) is 0 Å². The summed E-state index contributed by atoms with van der Waals surface area (Å²) in [6.07, 6.45) is -0.00441. The lowest BCUT2D eigenvalue weighted by molar-refractivity contribution is -0.117. The van der Waals surface area contributed by atoms with E-state index in [0.29, 0.717) is 17.8 Å². The van der Waals surface area contributed by atoms with E-state index in [1.54, 1.807) is 31.2 Å². The van der Waals surface area contributed by atoms with Crippen molar-refractivity contribution in [2.75, 3.05) is 16.8 Å². The van der Waals surface area contributed by atoms with Crippen LogP contribution in [0.5, 0.6) is 0 Å². The van der Waals surface area contributed by atoms with Crippen LogP contribution in [-0.4, -0.2) is 32.0 Å². The van der Waals surface area contributed by atoms with E-state index in [1.807, 2.05) is 0 Å². The van der Waals surface area contributed by atoms with Crippen molar-refractivity contribution < 1.29 is 21.9 Å². The van der Waals surface area contributed by atoms with Gasteiger partial charge in [-0.3, -0.25) is 9.59 Å². The zero-order valence-electron chi connectivity index (χ0n) is 11.4. The number of nitrogens with zero attached hydrogens (tertiary/aromatic N) is 1. The fourth-order valence-corrected chi connectivity index (χ4v) is 2.76. The van der Waals surface area contributed by atoms with E-state index in [4.69, 9.17) is 0 Å². The van der Waals surface area contributed by atoms with Crippen LogP contribution in [-0.2, 0) is 19.8 Å². The van der Waals surface area contributed by atoms with Gasteiger partial charge in [0.05, 0.1) is 0 Å². The molecule has 1 atom stereocenters. The van der Waals surface area contributed by atoms with Gasteiger partial charge in [0.25, 0.3) is 0 Å². The van der Waals surface area contributed by atoms with E-state index in [1.165, 1.54) is 4.90 Å². The second kappa shape index (κ2) is 5.80. The highest BCUT2D eigenvalue weighted by Gasteiger charge is 2.38. The summed E-state index contributed by atoms with van der Waals surface area (Å²) in [6, 6.07) is 6.37. The third kappa shape index (κ3) is 3.57. The lowest BCUT2D eigenvalue weighted by Crippen LogP contribution is -2.26. The first kappa shape index (κ1) is 15.4. The topological polar surface area (TPSA) is 83.6 Å². The van der Waals surface area contributed by atoms with E-state index < -0.39 is 21.4 Å². The molecular weight excluding hydrogens is 299 g/mol. The van der Waals surface area contributed by atoms with Crippen LogP contribution >= 0.6 is 0 Å². The molecule has 0 radical (unpaired) electrons.